The molecule has 2 atom stereocenters. The van der Waals surface area contributed by atoms with Gasteiger partial charge in [0.25, 0.3) is 0 Å². The minimum Gasteiger partial charge on any atom is -0.366 e. The fourth-order valence-electron chi connectivity index (χ4n) is 3.33. The van der Waals surface area contributed by atoms with Gasteiger partial charge in [-0.2, -0.15) is 4.98 Å². The van der Waals surface area contributed by atoms with Gasteiger partial charge in [-0.1, -0.05) is 48.0 Å². The van der Waals surface area contributed by atoms with E-state index in [-0.39, 0.29) is 18.0 Å². The standard InChI is InChI=1S/C18H18ClN5/c1-11-4-2-3-5-14(11)16-10-15(12-6-8-13(19)9-7-12)21-18-22-17(20)23-24(16)18/h2-9,15-16H,10H2,1H3,(H3,20,21,22,23)/t15-,16+/m0/s1. The van der Waals surface area contributed by atoms with Gasteiger partial charge in [-0.25, -0.2) is 4.68 Å². The van der Waals surface area contributed by atoms with Crippen LogP contribution in [0.2, 0.25) is 5.02 Å². The summed E-state index contributed by atoms with van der Waals surface area (Å²) in [7, 11) is 0. The molecule has 0 fully saturated rings. The highest BCUT2D eigenvalue weighted by molar-refractivity contribution is 6.30. The summed E-state index contributed by atoms with van der Waals surface area (Å²) in [6.07, 6.45) is 0.863. The SMILES string of the molecule is Cc1ccccc1[C@H]1C[C@@H](c2ccc(Cl)cc2)Nc2nc(N)nn21. The van der Waals surface area contributed by atoms with Crippen molar-refractivity contribution in [2.24, 2.45) is 0 Å². The molecule has 6 heteroatoms. The molecule has 1 aliphatic heterocycles. The van der Waals surface area contributed by atoms with E-state index in [2.05, 4.69) is 40.5 Å². The largest absolute Gasteiger partial charge is 0.366 e. The Morgan fingerprint density at radius 1 is 1.17 bits per heavy atom. The fraction of sp³-hybridized carbons (Fsp3) is 0.222. The average Bonchev–Trinajstić information content (AvgIpc) is 2.95. The fourth-order valence-corrected chi connectivity index (χ4v) is 3.45. The van der Waals surface area contributed by atoms with E-state index in [1.54, 1.807) is 0 Å². The van der Waals surface area contributed by atoms with Crippen LogP contribution in [0.5, 0.6) is 0 Å². The molecule has 3 N–H and O–H groups in total. The van der Waals surface area contributed by atoms with Crippen LogP contribution in [0.4, 0.5) is 11.9 Å². The molecule has 2 aromatic carbocycles. The molecule has 5 nitrogen and oxygen atoms in total. The summed E-state index contributed by atoms with van der Waals surface area (Å²) in [4.78, 5) is 4.34. The summed E-state index contributed by atoms with van der Waals surface area (Å²) in [5.74, 6) is 0.986. The predicted octanol–water partition coefficient (Wildman–Crippen LogP) is 3.97. The quantitative estimate of drug-likeness (QED) is 0.741. The Bertz CT molecular complexity index is 871. The van der Waals surface area contributed by atoms with Crippen molar-refractivity contribution in [3.8, 4) is 0 Å². The van der Waals surface area contributed by atoms with E-state index in [9.17, 15) is 0 Å². The van der Waals surface area contributed by atoms with Crippen molar-refractivity contribution < 1.29 is 0 Å². The van der Waals surface area contributed by atoms with Crippen LogP contribution in [0.1, 0.15) is 35.2 Å². The van der Waals surface area contributed by atoms with Gasteiger partial charge >= 0.3 is 0 Å². The summed E-state index contributed by atoms with van der Waals surface area (Å²) in [6, 6.07) is 16.5. The second-order valence-corrected chi connectivity index (χ2v) is 6.53. The lowest BCUT2D eigenvalue weighted by molar-refractivity contribution is 0.430. The van der Waals surface area contributed by atoms with E-state index >= 15 is 0 Å². The molecule has 0 saturated heterocycles. The number of nitrogens with one attached hydrogen (secondary N) is 1. The van der Waals surface area contributed by atoms with Gasteiger partial charge in [-0.05, 0) is 42.2 Å². The number of anilines is 2. The number of aryl methyl sites for hydroxylation is 1. The molecule has 1 aromatic heterocycles. The minimum absolute atomic E-state index is 0.0907. The van der Waals surface area contributed by atoms with Crippen LogP contribution in [0.25, 0.3) is 0 Å². The van der Waals surface area contributed by atoms with E-state index in [1.807, 2.05) is 35.0 Å². The van der Waals surface area contributed by atoms with Crippen molar-refractivity contribution in [2.45, 2.75) is 25.4 Å². The van der Waals surface area contributed by atoms with Crippen LogP contribution in [0.3, 0.4) is 0 Å². The summed E-state index contributed by atoms with van der Waals surface area (Å²) >= 11 is 6.02. The third kappa shape index (κ3) is 2.61. The maximum Gasteiger partial charge on any atom is 0.241 e. The average molecular weight is 340 g/mol. The number of hydrogen-bond acceptors (Lipinski definition) is 4. The molecular formula is C18H18ClN5. The maximum atomic E-state index is 6.02. The normalized spacial score (nSPS) is 19.6. The first kappa shape index (κ1) is 15.0. The molecule has 0 aliphatic carbocycles. The third-order valence-electron chi connectivity index (χ3n) is 4.52. The highest BCUT2D eigenvalue weighted by Crippen LogP contribution is 2.39. The summed E-state index contributed by atoms with van der Waals surface area (Å²) in [6.45, 7) is 2.12. The maximum absolute atomic E-state index is 6.02. The molecule has 0 bridgehead atoms. The van der Waals surface area contributed by atoms with Gasteiger partial charge in [-0.3, -0.25) is 0 Å². The van der Waals surface area contributed by atoms with Crippen LogP contribution in [-0.4, -0.2) is 14.8 Å². The second kappa shape index (κ2) is 5.83. The number of hydrogen-bond donors (Lipinski definition) is 2. The zero-order valence-electron chi connectivity index (χ0n) is 13.3. The Kier molecular flexibility index (Phi) is 3.65. The highest BCUT2D eigenvalue weighted by Gasteiger charge is 2.31. The summed E-state index contributed by atoms with van der Waals surface area (Å²) in [5, 5.41) is 8.56. The Morgan fingerprint density at radius 2 is 1.92 bits per heavy atom. The van der Waals surface area contributed by atoms with Gasteiger partial charge < -0.3 is 11.1 Å². The second-order valence-electron chi connectivity index (χ2n) is 6.09. The van der Waals surface area contributed by atoms with Gasteiger partial charge in [0.05, 0.1) is 12.1 Å². The minimum atomic E-state index is 0.0907. The topological polar surface area (TPSA) is 68.8 Å². The molecule has 4 rings (SSSR count). The molecule has 122 valence electrons. The van der Waals surface area contributed by atoms with Crippen molar-refractivity contribution in [1.29, 1.82) is 0 Å². The smallest absolute Gasteiger partial charge is 0.241 e. The number of aromatic nitrogens is 3. The number of nitrogens with zero attached hydrogens (tertiary/aromatic N) is 3. The molecule has 0 unspecified atom stereocenters. The first-order chi connectivity index (χ1) is 11.6. The Hall–Kier alpha value is -2.53. The van der Waals surface area contributed by atoms with E-state index in [0.29, 0.717) is 5.95 Å². The number of benzene rings is 2. The third-order valence-corrected chi connectivity index (χ3v) is 4.78. The van der Waals surface area contributed by atoms with E-state index < -0.39 is 0 Å². The monoisotopic (exact) mass is 339 g/mol. The van der Waals surface area contributed by atoms with Crippen molar-refractivity contribution in [3.63, 3.8) is 0 Å². The zero-order chi connectivity index (χ0) is 16.7. The molecule has 0 spiro atoms. The molecule has 1 aliphatic rings. The van der Waals surface area contributed by atoms with Crippen LogP contribution < -0.4 is 11.1 Å². The highest BCUT2D eigenvalue weighted by atomic mass is 35.5. The lowest BCUT2D eigenvalue weighted by atomic mass is 9.91. The predicted molar refractivity (Wildman–Crippen MR) is 96.2 cm³/mol. The number of fused-ring (bicyclic) bond motifs is 1. The van der Waals surface area contributed by atoms with E-state index in [0.717, 1.165) is 11.4 Å². The van der Waals surface area contributed by atoms with Crippen LogP contribution in [-0.2, 0) is 0 Å². The van der Waals surface area contributed by atoms with Crippen molar-refractivity contribution >= 4 is 23.5 Å². The summed E-state index contributed by atoms with van der Waals surface area (Å²) in [5.41, 5.74) is 9.49. The lowest BCUT2D eigenvalue weighted by Crippen LogP contribution is -2.28. The number of halogens is 1. The Balaban J connectivity index is 1.78. The number of rotatable bonds is 2. The van der Waals surface area contributed by atoms with E-state index in [1.165, 1.54) is 16.7 Å². The van der Waals surface area contributed by atoms with Crippen molar-refractivity contribution in [2.75, 3.05) is 11.1 Å². The molecule has 0 radical (unpaired) electrons. The molecule has 0 saturated carbocycles. The molecule has 2 heterocycles. The van der Waals surface area contributed by atoms with Crippen molar-refractivity contribution in [1.82, 2.24) is 14.8 Å². The van der Waals surface area contributed by atoms with Crippen molar-refractivity contribution in [3.05, 3.63) is 70.2 Å². The van der Waals surface area contributed by atoms with Gasteiger partial charge in [0.2, 0.25) is 11.9 Å². The molecular weight excluding hydrogens is 322 g/mol. The lowest BCUT2D eigenvalue weighted by Gasteiger charge is -2.32. The molecule has 3 aromatic rings. The van der Waals surface area contributed by atoms with Gasteiger partial charge in [0.1, 0.15) is 0 Å². The first-order valence-corrected chi connectivity index (χ1v) is 8.29. The van der Waals surface area contributed by atoms with Gasteiger partial charge in [-0.15, -0.1) is 5.10 Å². The first-order valence-electron chi connectivity index (χ1n) is 7.91. The molecule has 0 amide bonds. The van der Waals surface area contributed by atoms with Gasteiger partial charge in [0.15, 0.2) is 0 Å². The molecule has 24 heavy (non-hydrogen) atoms. The van der Waals surface area contributed by atoms with E-state index in [4.69, 9.17) is 17.3 Å². The zero-order valence-corrected chi connectivity index (χ0v) is 14.0. The number of nitrogen functional groups attached to an aromatic ring is 1. The summed E-state index contributed by atoms with van der Waals surface area (Å²) < 4.78 is 1.89. The van der Waals surface area contributed by atoms with Crippen LogP contribution >= 0.6 is 11.6 Å². The Labute approximate surface area is 145 Å². The van der Waals surface area contributed by atoms with Gasteiger partial charge in [0, 0.05) is 5.02 Å². The van der Waals surface area contributed by atoms with Crippen LogP contribution in [0.15, 0.2) is 48.5 Å². The Morgan fingerprint density at radius 3 is 2.67 bits per heavy atom. The number of nitrogens with two attached hydrogens (primary N) is 1. The van der Waals surface area contributed by atoms with Crippen LogP contribution in [0, 0.1) is 6.92 Å².